The molecule has 3 rings (SSSR count). The molecular formula is C27H29N3O3. The van der Waals surface area contributed by atoms with Crippen LogP contribution in [0.1, 0.15) is 40.1 Å². The van der Waals surface area contributed by atoms with E-state index in [1.807, 2.05) is 50.2 Å². The van der Waals surface area contributed by atoms with Gasteiger partial charge in [0.1, 0.15) is 6.04 Å². The lowest BCUT2D eigenvalue weighted by Gasteiger charge is -2.20. The van der Waals surface area contributed by atoms with E-state index in [1.54, 1.807) is 53.4 Å². The van der Waals surface area contributed by atoms with Gasteiger partial charge in [-0.1, -0.05) is 48.5 Å². The number of amides is 3. The Morgan fingerprint density at radius 3 is 1.91 bits per heavy atom. The van der Waals surface area contributed by atoms with E-state index in [4.69, 9.17) is 0 Å². The summed E-state index contributed by atoms with van der Waals surface area (Å²) in [5.41, 5.74) is 2.55. The smallest absolute Gasteiger partial charge is 0.253 e. The number of nitrogens with one attached hydrogen (secondary N) is 2. The van der Waals surface area contributed by atoms with Gasteiger partial charge in [-0.2, -0.15) is 0 Å². The SMILES string of the molecule is CCN(CC)C(=O)c1ccc(NC(=O)C(Cc2ccccc2)NC(=O)c2ccccc2)cc1. The Labute approximate surface area is 194 Å². The Morgan fingerprint density at radius 1 is 0.758 bits per heavy atom. The molecule has 0 fully saturated rings. The van der Waals surface area contributed by atoms with E-state index in [-0.39, 0.29) is 17.7 Å². The number of carbonyl (C=O) groups is 3. The zero-order valence-corrected chi connectivity index (χ0v) is 19.0. The molecule has 6 heteroatoms. The molecule has 6 nitrogen and oxygen atoms in total. The first kappa shape index (κ1) is 23.7. The van der Waals surface area contributed by atoms with Crippen molar-refractivity contribution in [3.05, 3.63) is 102 Å². The normalized spacial score (nSPS) is 11.3. The fraction of sp³-hybridized carbons (Fsp3) is 0.222. The third-order valence-corrected chi connectivity index (χ3v) is 5.39. The van der Waals surface area contributed by atoms with Crippen molar-refractivity contribution < 1.29 is 14.4 Å². The minimum Gasteiger partial charge on any atom is -0.340 e. The molecule has 0 spiro atoms. The van der Waals surface area contributed by atoms with Crippen LogP contribution >= 0.6 is 0 Å². The van der Waals surface area contributed by atoms with E-state index >= 15 is 0 Å². The second-order valence-electron chi connectivity index (χ2n) is 7.63. The second-order valence-corrected chi connectivity index (χ2v) is 7.63. The molecule has 3 aromatic rings. The Balaban J connectivity index is 1.74. The van der Waals surface area contributed by atoms with E-state index in [1.165, 1.54) is 0 Å². The Morgan fingerprint density at radius 2 is 1.33 bits per heavy atom. The standard InChI is InChI=1S/C27H29N3O3/c1-3-30(4-2)27(33)22-15-17-23(18-16-22)28-26(32)24(19-20-11-7-5-8-12-20)29-25(31)21-13-9-6-10-14-21/h5-18,24H,3-4,19H2,1-2H3,(H,28,32)(H,29,31). The average Bonchev–Trinajstić information content (AvgIpc) is 2.86. The molecule has 3 amide bonds. The maximum Gasteiger partial charge on any atom is 0.253 e. The number of nitrogens with zero attached hydrogens (tertiary/aromatic N) is 1. The lowest BCUT2D eigenvalue weighted by molar-refractivity contribution is -0.118. The molecule has 0 aliphatic rings. The molecule has 0 aliphatic heterocycles. The van der Waals surface area contributed by atoms with Gasteiger partial charge >= 0.3 is 0 Å². The van der Waals surface area contributed by atoms with Crippen molar-refractivity contribution in [1.82, 2.24) is 10.2 Å². The first-order chi connectivity index (χ1) is 16.0. The van der Waals surface area contributed by atoms with Crippen LogP contribution in [-0.2, 0) is 11.2 Å². The van der Waals surface area contributed by atoms with Crippen LogP contribution in [0.2, 0.25) is 0 Å². The van der Waals surface area contributed by atoms with Gasteiger partial charge in [-0.25, -0.2) is 0 Å². The van der Waals surface area contributed by atoms with Crippen LogP contribution in [0.25, 0.3) is 0 Å². The summed E-state index contributed by atoms with van der Waals surface area (Å²) in [7, 11) is 0. The van der Waals surface area contributed by atoms with Gasteiger partial charge in [-0.3, -0.25) is 14.4 Å². The molecule has 33 heavy (non-hydrogen) atoms. The monoisotopic (exact) mass is 443 g/mol. The topological polar surface area (TPSA) is 78.5 Å². The minimum absolute atomic E-state index is 0.0463. The highest BCUT2D eigenvalue weighted by Gasteiger charge is 2.22. The molecule has 0 saturated heterocycles. The molecule has 1 atom stereocenters. The van der Waals surface area contributed by atoms with Crippen molar-refractivity contribution in [2.75, 3.05) is 18.4 Å². The summed E-state index contributed by atoms with van der Waals surface area (Å²) in [5.74, 6) is -0.687. The largest absolute Gasteiger partial charge is 0.340 e. The molecule has 0 saturated carbocycles. The quantitative estimate of drug-likeness (QED) is 0.522. The van der Waals surface area contributed by atoms with Crippen molar-refractivity contribution in [3.63, 3.8) is 0 Å². The van der Waals surface area contributed by atoms with Crippen molar-refractivity contribution in [2.24, 2.45) is 0 Å². The Kier molecular flexibility index (Phi) is 8.36. The summed E-state index contributed by atoms with van der Waals surface area (Å²) >= 11 is 0. The van der Waals surface area contributed by atoms with Crippen molar-refractivity contribution in [1.29, 1.82) is 0 Å². The van der Waals surface area contributed by atoms with Crippen molar-refractivity contribution in [2.45, 2.75) is 26.3 Å². The zero-order valence-electron chi connectivity index (χ0n) is 19.0. The van der Waals surface area contributed by atoms with Gasteiger partial charge in [0.25, 0.3) is 11.8 Å². The molecule has 0 aromatic heterocycles. The number of benzene rings is 3. The zero-order chi connectivity index (χ0) is 23.6. The van der Waals surface area contributed by atoms with Crippen LogP contribution in [-0.4, -0.2) is 41.8 Å². The van der Waals surface area contributed by atoms with Crippen LogP contribution in [0.4, 0.5) is 5.69 Å². The fourth-order valence-corrected chi connectivity index (χ4v) is 3.51. The summed E-state index contributed by atoms with van der Waals surface area (Å²) in [6.07, 6.45) is 0.351. The number of hydrogen-bond acceptors (Lipinski definition) is 3. The van der Waals surface area contributed by atoms with Gasteiger partial charge < -0.3 is 15.5 Å². The lowest BCUT2D eigenvalue weighted by atomic mass is 10.0. The first-order valence-electron chi connectivity index (χ1n) is 11.1. The number of anilines is 1. The van der Waals surface area contributed by atoms with Gasteiger partial charge in [0.2, 0.25) is 5.91 Å². The van der Waals surface area contributed by atoms with Gasteiger partial charge in [-0.15, -0.1) is 0 Å². The highest BCUT2D eigenvalue weighted by Crippen LogP contribution is 2.14. The fourth-order valence-electron chi connectivity index (χ4n) is 3.51. The molecule has 3 aromatic carbocycles. The lowest BCUT2D eigenvalue weighted by Crippen LogP contribution is -2.45. The van der Waals surface area contributed by atoms with E-state index in [2.05, 4.69) is 10.6 Å². The third kappa shape index (κ3) is 6.53. The van der Waals surface area contributed by atoms with Gasteiger partial charge in [-0.05, 0) is 55.8 Å². The van der Waals surface area contributed by atoms with Crippen molar-refractivity contribution >= 4 is 23.4 Å². The van der Waals surface area contributed by atoms with Crippen LogP contribution in [0, 0.1) is 0 Å². The van der Waals surface area contributed by atoms with Crippen LogP contribution in [0.15, 0.2) is 84.9 Å². The number of carbonyl (C=O) groups excluding carboxylic acids is 3. The molecule has 2 N–H and O–H groups in total. The van der Waals surface area contributed by atoms with Crippen molar-refractivity contribution in [3.8, 4) is 0 Å². The maximum atomic E-state index is 13.1. The predicted molar refractivity (Wildman–Crippen MR) is 130 cm³/mol. The highest BCUT2D eigenvalue weighted by molar-refractivity contribution is 6.01. The Hall–Kier alpha value is -3.93. The molecule has 0 aliphatic carbocycles. The van der Waals surface area contributed by atoms with E-state index in [0.29, 0.717) is 36.3 Å². The van der Waals surface area contributed by atoms with Gasteiger partial charge in [0, 0.05) is 36.3 Å². The molecule has 170 valence electrons. The first-order valence-corrected chi connectivity index (χ1v) is 11.1. The summed E-state index contributed by atoms with van der Waals surface area (Å²) in [5, 5.41) is 5.71. The van der Waals surface area contributed by atoms with E-state index in [0.717, 1.165) is 5.56 Å². The molecular weight excluding hydrogens is 414 g/mol. The summed E-state index contributed by atoms with van der Waals surface area (Å²) in [6, 6.07) is 24.4. The van der Waals surface area contributed by atoms with Crippen LogP contribution in [0.5, 0.6) is 0 Å². The van der Waals surface area contributed by atoms with Crippen LogP contribution < -0.4 is 10.6 Å². The maximum absolute atomic E-state index is 13.1. The third-order valence-electron chi connectivity index (χ3n) is 5.39. The Bertz CT molecular complexity index is 1060. The second kappa shape index (κ2) is 11.6. The summed E-state index contributed by atoms with van der Waals surface area (Å²) in [6.45, 7) is 5.14. The van der Waals surface area contributed by atoms with Crippen LogP contribution in [0.3, 0.4) is 0 Å². The molecule has 0 heterocycles. The molecule has 1 unspecified atom stereocenters. The summed E-state index contributed by atoms with van der Waals surface area (Å²) < 4.78 is 0. The predicted octanol–water partition coefficient (Wildman–Crippen LogP) is 4.15. The molecule has 0 radical (unpaired) electrons. The summed E-state index contributed by atoms with van der Waals surface area (Å²) in [4.78, 5) is 40.0. The van der Waals surface area contributed by atoms with Gasteiger partial charge in [0.15, 0.2) is 0 Å². The van der Waals surface area contributed by atoms with E-state index < -0.39 is 6.04 Å². The number of hydrogen-bond donors (Lipinski definition) is 2. The minimum atomic E-state index is -0.767. The highest BCUT2D eigenvalue weighted by atomic mass is 16.2. The molecule has 0 bridgehead atoms. The average molecular weight is 444 g/mol. The number of rotatable bonds is 9. The van der Waals surface area contributed by atoms with E-state index in [9.17, 15) is 14.4 Å². The van der Waals surface area contributed by atoms with Gasteiger partial charge in [0.05, 0.1) is 0 Å².